The lowest BCUT2D eigenvalue weighted by Crippen LogP contribution is -1.89. The molecule has 0 saturated carbocycles. The maximum absolute atomic E-state index is 9.40. The van der Waals surface area contributed by atoms with E-state index in [4.69, 9.17) is 6.42 Å². The van der Waals surface area contributed by atoms with Crippen LogP contribution >= 0.6 is 0 Å². The molecular formula is C17H9N. The number of benzene rings is 3. The first kappa shape index (κ1) is 10.4. The van der Waals surface area contributed by atoms with Gasteiger partial charge in [0.25, 0.3) is 0 Å². The van der Waals surface area contributed by atoms with Crippen molar-refractivity contribution in [1.29, 1.82) is 5.26 Å². The van der Waals surface area contributed by atoms with Gasteiger partial charge in [0.2, 0.25) is 0 Å². The second kappa shape index (κ2) is 3.91. The molecule has 0 N–H and O–H groups in total. The molecule has 3 aromatic rings. The van der Waals surface area contributed by atoms with Gasteiger partial charge in [0.15, 0.2) is 0 Å². The van der Waals surface area contributed by atoms with E-state index in [0.717, 1.165) is 27.1 Å². The molecule has 1 nitrogen and oxygen atoms in total. The van der Waals surface area contributed by atoms with Gasteiger partial charge in [0.05, 0.1) is 5.56 Å². The van der Waals surface area contributed by atoms with E-state index in [2.05, 4.69) is 12.0 Å². The van der Waals surface area contributed by atoms with Crippen molar-refractivity contribution in [2.24, 2.45) is 0 Å². The Morgan fingerprint density at radius 2 is 1.11 bits per heavy atom. The molecule has 0 unspecified atom stereocenters. The molecule has 0 heterocycles. The summed E-state index contributed by atoms with van der Waals surface area (Å²) in [5, 5.41) is 13.2. The Kier molecular flexibility index (Phi) is 2.26. The normalized spacial score (nSPS) is 10.1. The number of rotatable bonds is 0. The first-order valence-electron chi connectivity index (χ1n) is 5.67. The Morgan fingerprint density at radius 1 is 0.722 bits per heavy atom. The van der Waals surface area contributed by atoms with E-state index in [-0.39, 0.29) is 0 Å². The molecule has 0 aliphatic carbocycles. The van der Waals surface area contributed by atoms with Crippen LogP contribution in [0.4, 0.5) is 0 Å². The Labute approximate surface area is 105 Å². The molecule has 82 valence electrons. The minimum Gasteiger partial charge on any atom is -0.192 e. The van der Waals surface area contributed by atoms with E-state index in [1.807, 2.05) is 48.5 Å². The predicted molar refractivity (Wildman–Crippen MR) is 74.1 cm³/mol. The van der Waals surface area contributed by atoms with Crippen molar-refractivity contribution in [1.82, 2.24) is 0 Å². The van der Waals surface area contributed by atoms with Crippen LogP contribution in [0.25, 0.3) is 21.5 Å². The van der Waals surface area contributed by atoms with Crippen molar-refractivity contribution >= 4 is 21.5 Å². The van der Waals surface area contributed by atoms with Gasteiger partial charge in [-0.15, -0.1) is 6.42 Å². The molecule has 3 rings (SSSR count). The molecule has 0 spiro atoms. The van der Waals surface area contributed by atoms with Gasteiger partial charge in [0.1, 0.15) is 6.07 Å². The molecule has 0 bridgehead atoms. The van der Waals surface area contributed by atoms with E-state index < -0.39 is 0 Å². The molecular weight excluding hydrogens is 218 g/mol. The molecule has 0 saturated heterocycles. The van der Waals surface area contributed by atoms with Gasteiger partial charge in [-0.3, -0.25) is 0 Å². The number of hydrogen-bond acceptors (Lipinski definition) is 1. The van der Waals surface area contributed by atoms with Crippen molar-refractivity contribution in [3.8, 4) is 18.4 Å². The van der Waals surface area contributed by atoms with Crippen LogP contribution in [0, 0.1) is 23.7 Å². The van der Waals surface area contributed by atoms with Crippen LogP contribution in [0.2, 0.25) is 0 Å². The molecule has 0 atom stereocenters. The van der Waals surface area contributed by atoms with Gasteiger partial charge in [0, 0.05) is 16.3 Å². The fourth-order valence-electron chi connectivity index (χ4n) is 2.40. The molecule has 0 aliphatic heterocycles. The minimum atomic E-state index is 0.695. The maximum atomic E-state index is 9.40. The molecule has 3 aromatic carbocycles. The summed E-state index contributed by atoms with van der Waals surface area (Å²) in [7, 11) is 0. The summed E-state index contributed by atoms with van der Waals surface area (Å²) in [6.45, 7) is 0. The number of nitrogens with zero attached hydrogens (tertiary/aromatic N) is 1. The number of nitriles is 1. The summed E-state index contributed by atoms with van der Waals surface area (Å²) in [5.74, 6) is 2.75. The third-order valence-corrected chi connectivity index (χ3v) is 3.19. The number of fused-ring (bicyclic) bond motifs is 2. The average molecular weight is 227 g/mol. The van der Waals surface area contributed by atoms with E-state index >= 15 is 0 Å². The van der Waals surface area contributed by atoms with Crippen molar-refractivity contribution in [2.75, 3.05) is 0 Å². The Morgan fingerprint density at radius 3 is 1.44 bits per heavy atom. The topological polar surface area (TPSA) is 23.8 Å². The summed E-state index contributed by atoms with van der Waals surface area (Å²) >= 11 is 0. The van der Waals surface area contributed by atoms with Gasteiger partial charge >= 0.3 is 0 Å². The van der Waals surface area contributed by atoms with Crippen LogP contribution in [0.15, 0.2) is 48.5 Å². The monoisotopic (exact) mass is 227 g/mol. The lowest BCUT2D eigenvalue weighted by atomic mass is 9.92. The highest BCUT2D eigenvalue weighted by Gasteiger charge is 2.11. The zero-order valence-corrected chi connectivity index (χ0v) is 9.64. The van der Waals surface area contributed by atoms with Crippen molar-refractivity contribution in [3.63, 3.8) is 0 Å². The molecule has 0 aromatic heterocycles. The summed E-state index contributed by atoms with van der Waals surface area (Å²) in [4.78, 5) is 0. The van der Waals surface area contributed by atoms with E-state index in [1.54, 1.807) is 0 Å². The SMILES string of the molecule is C#Cc1c2ccccc2c(C#N)c2ccccc12. The highest BCUT2D eigenvalue weighted by atomic mass is 14.3. The van der Waals surface area contributed by atoms with Crippen LogP contribution in [0.5, 0.6) is 0 Å². The van der Waals surface area contributed by atoms with Gasteiger partial charge in [-0.25, -0.2) is 0 Å². The number of hydrogen-bond donors (Lipinski definition) is 0. The van der Waals surface area contributed by atoms with Crippen molar-refractivity contribution in [2.45, 2.75) is 0 Å². The third-order valence-electron chi connectivity index (χ3n) is 3.19. The second-order valence-electron chi connectivity index (χ2n) is 4.10. The average Bonchev–Trinajstić information content (AvgIpc) is 2.44. The summed E-state index contributed by atoms with van der Waals surface area (Å²) in [6, 6.07) is 17.9. The highest BCUT2D eigenvalue weighted by Crippen LogP contribution is 2.31. The van der Waals surface area contributed by atoms with Crippen LogP contribution in [0.1, 0.15) is 11.1 Å². The van der Waals surface area contributed by atoms with Crippen molar-refractivity contribution in [3.05, 3.63) is 59.7 Å². The quantitative estimate of drug-likeness (QED) is 0.423. The van der Waals surface area contributed by atoms with Crippen LogP contribution < -0.4 is 0 Å². The number of terminal acetylenes is 1. The lowest BCUT2D eigenvalue weighted by molar-refractivity contribution is 1.51. The van der Waals surface area contributed by atoms with E-state index in [1.165, 1.54) is 0 Å². The zero-order chi connectivity index (χ0) is 12.5. The first-order valence-corrected chi connectivity index (χ1v) is 5.67. The molecule has 0 radical (unpaired) electrons. The van der Waals surface area contributed by atoms with Crippen LogP contribution in [-0.2, 0) is 0 Å². The molecule has 0 fully saturated rings. The summed E-state index contributed by atoms with van der Waals surface area (Å²) in [5.41, 5.74) is 1.56. The zero-order valence-electron chi connectivity index (χ0n) is 9.64. The molecule has 1 heteroatoms. The minimum absolute atomic E-state index is 0.695. The van der Waals surface area contributed by atoms with Crippen molar-refractivity contribution < 1.29 is 0 Å². The van der Waals surface area contributed by atoms with Gasteiger partial charge in [-0.05, 0) is 10.8 Å². The van der Waals surface area contributed by atoms with Gasteiger partial charge in [-0.1, -0.05) is 54.5 Å². The smallest absolute Gasteiger partial charge is 0.100 e. The summed E-state index contributed by atoms with van der Waals surface area (Å²) < 4.78 is 0. The fourth-order valence-corrected chi connectivity index (χ4v) is 2.40. The van der Waals surface area contributed by atoms with Gasteiger partial charge in [-0.2, -0.15) is 5.26 Å². The van der Waals surface area contributed by atoms with E-state index in [9.17, 15) is 5.26 Å². The first-order chi connectivity index (χ1) is 8.86. The molecule has 0 amide bonds. The third kappa shape index (κ3) is 1.29. The Hall–Kier alpha value is -2.77. The van der Waals surface area contributed by atoms with Crippen LogP contribution in [-0.4, -0.2) is 0 Å². The largest absolute Gasteiger partial charge is 0.192 e. The standard InChI is InChI=1S/C17H9N/c1-2-12-13-7-3-5-9-15(13)17(11-18)16-10-6-4-8-14(12)16/h1,3-10H. The Bertz CT molecular complexity index is 716. The summed E-state index contributed by atoms with van der Waals surface area (Å²) in [6.07, 6.45) is 5.64. The fraction of sp³-hybridized carbons (Fsp3) is 0. The maximum Gasteiger partial charge on any atom is 0.100 e. The molecule has 0 aliphatic rings. The Balaban J connectivity index is 2.73. The lowest BCUT2D eigenvalue weighted by Gasteiger charge is -2.09. The molecule has 18 heavy (non-hydrogen) atoms. The predicted octanol–water partition coefficient (Wildman–Crippen LogP) is 3.85. The highest BCUT2D eigenvalue weighted by molar-refractivity contribution is 6.09. The van der Waals surface area contributed by atoms with E-state index in [0.29, 0.717) is 5.56 Å². The second-order valence-corrected chi connectivity index (χ2v) is 4.10. The van der Waals surface area contributed by atoms with Gasteiger partial charge < -0.3 is 0 Å². The van der Waals surface area contributed by atoms with Crippen LogP contribution in [0.3, 0.4) is 0 Å².